The molecule has 4 nitrogen and oxygen atoms in total. The number of unbranched alkanes of at least 4 members (excludes halogenated alkanes) is 1. The summed E-state index contributed by atoms with van der Waals surface area (Å²) in [6.07, 6.45) is 2.14. The van der Waals surface area contributed by atoms with Gasteiger partial charge in [0.05, 0.1) is 25.9 Å². The molecule has 0 N–H and O–H groups in total. The predicted molar refractivity (Wildman–Crippen MR) is 83.2 cm³/mol. The van der Waals surface area contributed by atoms with Crippen LogP contribution in [0.2, 0.25) is 0 Å². The van der Waals surface area contributed by atoms with Gasteiger partial charge in [0, 0.05) is 18.0 Å². The highest BCUT2D eigenvalue weighted by atomic mass is 35.5. The topological polar surface area (TPSA) is 38.8 Å². The Labute approximate surface area is 131 Å². The average molecular weight is 312 g/mol. The van der Waals surface area contributed by atoms with Gasteiger partial charge in [0.2, 0.25) is 0 Å². The van der Waals surface area contributed by atoms with E-state index in [0.717, 1.165) is 18.6 Å². The van der Waals surface area contributed by atoms with Crippen LogP contribution in [-0.4, -0.2) is 49.1 Å². The summed E-state index contributed by atoms with van der Waals surface area (Å²) < 4.78 is 11.0. The molecular weight excluding hydrogens is 290 g/mol. The highest BCUT2D eigenvalue weighted by Crippen LogP contribution is 2.17. The predicted octanol–water partition coefficient (Wildman–Crippen LogP) is 2.95. The molecule has 2 rings (SSSR count). The molecule has 0 saturated carbocycles. The van der Waals surface area contributed by atoms with Crippen molar-refractivity contribution in [2.24, 2.45) is 0 Å². The summed E-state index contributed by atoms with van der Waals surface area (Å²) in [5.41, 5.74) is 0.662. The van der Waals surface area contributed by atoms with Crippen molar-refractivity contribution in [1.82, 2.24) is 4.90 Å². The SMILES string of the molecule is CCCCOc1ccc(C(=O)N2CCOCC2CCl)cc1. The molecule has 0 radical (unpaired) electrons. The van der Waals surface area contributed by atoms with Gasteiger partial charge in [0.25, 0.3) is 5.91 Å². The van der Waals surface area contributed by atoms with Crippen LogP contribution in [0.15, 0.2) is 24.3 Å². The lowest BCUT2D eigenvalue weighted by Crippen LogP contribution is -2.49. The van der Waals surface area contributed by atoms with Gasteiger partial charge in [-0.2, -0.15) is 0 Å². The second-order valence-electron chi connectivity index (χ2n) is 5.11. The molecule has 1 amide bonds. The Kier molecular flexibility index (Phi) is 6.33. The van der Waals surface area contributed by atoms with Gasteiger partial charge in [-0.25, -0.2) is 0 Å². The van der Waals surface area contributed by atoms with Crippen molar-refractivity contribution in [2.45, 2.75) is 25.8 Å². The van der Waals surface area contributed by atoms with Gasteiger partial charge >= 0.3 is 0 Å². The number of carbonyl (C=O) groups is 1. The highest BCUT2D eigenvalue weighted by molar-refractivity contribution is 6.18. The summed E-state index contributed by atoms with van der Waals surface area (Å²) in [5, 5.41) is 0. The monoisotopic (exact) mass is 311 g/mol. The van der Waals surface area contributed by atoms with E-state index in [1.807, 2.05) is 24.3 Å². The maximum Gasteiger partial charge on any atom is 0.254 e. The summed E-state index contributed by atoms with van der Waals surface area (Å²) in [5.74, 6) is 1.20. The summed E-state index contributed by atoms with van der Waals surface area (Å²) >= 11 is 5.91. The molecule has 0 aliphatic carbocycles. The normalized spacial score (nSPS) is 18.6. The van der Waals surface area contributed by atoms with Crippen molar-refractivity contribution in [3.63, 3.8) is 0 Å². The molecule has 1 aliphatic rings. The molecule has 0 bridgehead atoms. The van der Waals surface area contributed by atoms with Crippen LogP contribution in [0.25, 0.3) is 0 Å². The van der Waals surface area contributed by atoms with Gasteiger partial charge in [-0.05, 0) is 30.7 Å². The Morgan fingerprint density at radius 3 is 2.86 bits per heavy atom. The van der Waals surface area contributed by atoms with Crippen molar-refractivity contribution in [2.75, 3.05) is 32.2 Å². The lowest BCUT2D eigenvalue weighted by Gasteiger charge is -2.34. The molecule has 0 aromatic heterocycles. The van der Waals surface area contributed by atoms with Gasteiger partial charge in [0.15, 0.2) is 0 Å². The molecule has 1 fully saturated rings. The third kappa shape index (κ3) is 4.35. The first-order valence-corrected chi connectivity index (χ1v) is 7.97. The minimum Gasteiger partial charge on any atom is -0.494 e. The quantitative estimate of drug-likeness (QED) is 0.599. The molecular formula is C16H22ClNO3. The number of amides is 1. The Morgan fingerprint density at radius 2 is 2.19 bits per heavy atom. The average Bonchev–Trinajstić information content (AvgIpc) is 2.55. The molecule has 21 heavy (non-hydrogen) atoms. The first-order chi connectivity index (χ1) is 10.3. The number of halogens is 1. The smallest absolute Gasteiger partial charge is 0.254 e. The summed E-state index contributed by atoms with van der Waals surface area (Å²) in [6.45, 7) is 4.50. The number of benzene rings is 1. The van der Waals surface area contributed by atoms with E-state index >= 15 is 0 Å². The van der Waals surface area contributed by atoms with E-state index in [2.05, 4.69) is 6.92 Å². The largest absolute Gasteiger partial charge is 0.494 e. The van der Waals surface area contributed by atoms with Crippen LogP contribution in [0.5, 0.6) is 5.75 Å². The molecule has 0 spiro atoms. The van der Waals surface area contributed by atoms with E-state index in [1.54, 1.807) is 4.90 Å². The maximum atomic E-state index is 12.5. The molecule has 1 atom stereocenters. The van der Waals surface area contributed by atoms with Crippen LogP contribution < -0.4 is 4.74 Å². The Balaban J connectivity index is 1.98. The second kappa shape index (κ2) is 8.25. The maximum absolute atomic E-state index is 12.5. The molecule has 1 saturated heterocycles. The molecule has 1 aromatic carbocycles. The van der Waals surface area contributed by atoms with Gasteiger partial charge in [-0.3, -0.25) is 4.79 Å². The van der Waals surface area contributed by atoms with Crippen LogP contribution >= 0.6 is 11.6 Å². The zero-order valence-corrected chi connectivity index (χ0v) is 13.1. The Morgan fingerprint density at radius 1 is 1.43 bits per heavy atom. The number of hydrogen-bond donors (Lipinski definition) is 0. The standard InChI is InChI=1S/C16H22ClNO3/c1-2-3-9-21-15-6-4-13(5-7-15)16(19)18-8-10-20-12-14(18)11-17/h4-7,14H,2-3,8-12H2,1H3. The van der Waals surface area contributed by atoms with E-state index in [0.29, 0.717) is 37.8 Å². The van der Waals surface area contributed by atoms with E-state index < -0.39 is 0 Å². The van der Waals surface area contributed by atoms with Crippen molar-refractivity contribution in [3.05, 3.63) is 29.8 Å². The zero-order chi connectivity index (χ0) is 15.1. The van der Waals surface area contributed by atoms with E-state index in [-0.39, 0.29) is 11.9 Å². The van der Waals surface area contributed by atoms with Crippen LogP contribution in [0.3, 0.4) is 0 Å². The van der Waals surface area contributed by atoms with Crippen molar-refractivity contribution >= 4 is 17.5 Å². The van der Waals surface area contributed by atoms with Crippen LogP contribution in [-0.2, 0) is 4.74 Å². The van der Waals surface area contributed by atoms with E-state index in [9.17, 15) is 4.79 Å². The lowest BCUT2D eigenvalue weighted by molar-refractivity contribution is 0.00456. The summed E-state index contributed by atoms with van der Waals surface area (Å²) in [4.78, 5) is 14.3. The third-order valence-corrected chi connectivity index (χ3v) is 3.89. The van der Waals surface area contributed by atoms with Gasteiger partial charge in [-0.15, -0.1) is 11.6 Å². The molecule has 1 aliphatic heterocycles. The lowest BCUT2D eigenvalue weighted by atomic mass is 10.1. The number of hydrogen-bond acceptors (Lipinski definition) is 3. The summed E-state index contributed by atoms with van der Waals surface area (Å²) in [6, 6.07) is 7.26. The van der Waals surface area contributed by atoms with Crippen LogP contribution in [0, 0.1) is 0 Å². The van der Waals surface area contributed by atoms with Crippen LogP contribution in [0.1, 0.15) is 30.1 Å². The number of alkyl halides is 1. The van der Waals surface area contributed by atoms with Crippen LogP contribution in [0.4, 0.5) is 0 Å². The van der Waals surface area contributed by atoms with Crippen molar-refractivity contribution < 1.29 is 14.3 Å². The molecule has 5 heteroatoms. The summed E-state index contributed by atoms with van der Waals surface area (Å²) in [7, 11) is 0. The Hall–Kier alpha value is -1.26. The molecule has 116 valence electrons. The molecule has 1 unspecified atom stereocenters. The first kappa shape index (κ1) is 16.1. The number of rotatable bonds is 6. The zero-order valence-electron chi connectivity index (χ0n) is 12.4. The first-order valence-electron chi connectivity index (χ1n) is 7.43. The highest BCUT2D eigenvalue weighted by Gasteiger charge is 2.27. The van der Waals surface area contributed by atoms with Gasteiger partial charge in [0.1, 0.15) is 5.75 Å². The van der Waals surface area contributed by atoms with Gasteiger partial charge < -0.3 is 14.4 Å². The number of ether oxygens (including phenoxy) is 2. The minimum atomic E-state index is -0.0478. The Bertz CT molecular complexity index is 449. The fourth-order valence-corrected chi connectivity index (χ4v) is 2.50. The number of carbonyl (C=O) groups excluding carboxylic acids is 1. The minimum absolute atomic E-state index is 0.00376. The fraction of sp³-hybridized carbons (Fsp3) is 0.562. The van der Waals surface area contributed by atoms with E-state index in [1.165, 1.54) is 0 Å². The third-order valence-electron chi connectivity index (χ3n) is 3.53. The fourth-order valence-electron chi connectivity index (χ4n) is 2.24. The van der Waals surface area contributed by atoms with E-state index in [4.69, 9.17) is 21.1 Å². The number of morpholine rings is 1. The van der Waals surface area contributed by atoms with Crippen molar-refractivity contribution in [1.29, 1.82) is 0 Å². The molecule has 1 aromatic rings. The van der Waals surface area contributed by atoms with Gasteiger partial charge in [-0.1, -0.05) is 13.3 Å². The van der Waals surface area contributed by atoms with Crippen molar-refractivity contribution in [3.8, 4) is 5.75 Å². The number of nitrogens with zero attached hydrogens (tertiary/aromatic N) is 1. The molecule has 1 heterocycles. The second-order valence-corrected chi connectivity index (χ2v) is 5.42.